The average molecular weight is 388 g/mol. The van der Waals surface area contributed by atoms with Gasteiger partial charge >= 0.3 is 5.69 Å². The van der Waals surface area contributed by atoms with Crippen molar-refractivity contribution in [3.8, 4) is 22.0 Å². The quantitative estimate of drug-likeness (QED) is 0.391. The van der Waals surface area contributed by atoms with Gasteiger partial charge in [-0.1, -0.05) is 36.4 Å². The number of H-pyrrole nitrogens is 1. The number of aromatic hydroxyl groups is 1. The van der Waals surface area contributed by atoms with Crippen LogP contribution in [0.3, 0.4) is 0 Å². The van der Waals surface area contributed by atoms with Gasteiger partial charge in [0.25, 0.3) is 0 Å². The molecule has 4 aromatic rings. The zero-order valence-corrected chi connectivity index (χ0v) is 15.5. The fraction of sp³-hybridized carbons (Fsp3) is 0. The predicted molar refractivity (Wildman–Crippen MR) is 111 cm³/mol. The van der Waals surface area contributed by atoms with Crippen LogP contribution in [0.2, 0.25) is 0 Å². The molecule has 6 heteroatoms. The van der Waals surface area contributed by atoms with E-state index in [-0.39, 0.29) is 17.2 Å². The second kappa shape index (κ2) is 7.54. The summed E-state index contributed by atoms with van der Waals surface area (Å²) in [6.07, 6.45) is 4.83. The molecule has 2 heterocycles. The molecule has 138 valence electrons. The second-order valence-corrected chi connectivity index (χ2v) is 7.11. The molecule has 0 fully saturated rings. The number of thiophene rings is 1. The third kappa shape index (κ3) is 3.72. The van der Waals surface area contributed by atoms with Gasteiger partial charge in [-0.3, -0.25) is 9.36 Å². The van der Waals surface area contributed by atoms with Gasteiger partial charge in [0.15, 0.2) is 5.78 Å². The summed E-state index contributed by atoms with van der Waals surface area (Å²) in [5, 5.41) is 11.4. The van der Waals surface area contributed by atoms with E-state index in [9.17, 15) is 14.7 Å². The average Bonchev–Trinajstić information content (AvgIpc) is 3.36. The van der Waals surface area contributed by atoms with Gasteiger partial charge in [0, 0.05) is 11.8 Å². The van der Waals surface area contributed by atoms with Crippen molar-refractivity contribution in [3.05, 3.63) is 99.9 Å². The first-order chi connectivity index (χ1) is 13.6. The second-order valence-electron chi connectivity index (χ2n) is 6.16. The van der Waals surface area contributed by atoms with Crippen LogP contribution in [0.15, 0.2) is 83.1 Å². The molecule has 0 spiro atoms. The number of hydrogen-bond donors (Lipinski definition) is 2. The molecule has 2 N–H and O–H groups in total. The van der Waals surface area contributed by atoms with Crippen LogP contribution in [-0.2, 0) is 0 Å². The van der Waals surface area contributed by atoms with Crippen LogP contribution >= 0.6 is 11.3 Å². The molecule has 0 saturated carbocycles. The smallest absolute Gasteiger partial charge is 0.330 e. The van der Waals surface area contributed by atoms with Gasteiger partial charge in [0.05, 0.1) is 16.3 Å². The standard InChI is InChI=1S/C22H16N2O3S/c25-18-7-1-4-15(12-18)9-10-20(26)16-5-2-6-17(13-16)24-14-19(23-22(24)27)21-8-3-11-28-21/h1-14,25H,(H,23,27)/b10-9+. The molecule has 28 heavy (non-hydrogen) atoms. The van der Waals surface area contributed by atoms with E-state index in [4.69, 9.17) is 0 Å². The van der Waals surface area contributed by atoms with Gasteiger partial charge in [-0.15, -0.1) is 11.3 Å². The maximum atomic E-state index is 12.5. The molecule has 0 aliphatic carbocycles. The van der Waals surface area contributed by atoms with Crippen LogP contribution < -0.4 is 5.69 Å². The summed E-state index contributed by atoms with van der Waals surface area (Å²) in [6, 6.07) is 17.4. The van der Waals surface area contributed by atoms with E-state index in [0.717, 1.165) is 16.1 Å². The number of phenolic OH excluding ortho intramolecular Hbond substituents is 1. The van der Waals surface area contributed by atoms with Crippen molar-refractivity contribution in [3.63, 3.8) is 0 Å². The minimum Gasteiger partial charge on any atom is -0.508 e. The molecule has 5 nitrogen and oxygen atoms in total. The molecule has 0 aliphatic rings. The van der Waals surface area contributed by atoms with E-state index in [1.165, 1.54) is 10.6 Å². The summed E-state index contributed by atoms with van der Waals surface area (Å²) in [7, 11) is 0. The molecule has 2 aromatic carbocycles. The Morgan fingerprint density at radius 3 is 2.71 bits per heavy atom. The fourth-order valence-corrected chi connectivity index (χ4v) is 3.54. The number of imidazole rings is 1. The zero-order chi connectivity index (χ0) is 19.5. The number of nitrogens with zero attached hydrogens (tertiary/aromatic N) is 1. The molecule has 0 atom stereocenters. The minimum atomic E-state index is -0.261. The lowest BCUT2D eigenvalue weighted by molar-refractivity contribution is 0.104. The number of ketones is 1. The van der Waals surface area contributed by atoms with Crippen LogP contribution in [0.5, 0.6) is 5.75 Å². The van der Waals surface area contributed by atoms with Crippen molar-refractivity contribution in [2.75, 3.05) is 0 Å². The topological polar surface area (TPSA) is 75.1 Å². The lowest BCUT2D eigenvalue weighted by atomic mass is 10.1. The van der Waals surface area contributed by atoms with E-state index >= 15 is 0 Å². The number of carbonyl (C=O) groups excluding carboxylic acids is 1. The largest absolute Gasteiger partial charge is 0.508 e. The van der Waals surface area contributed by atoms with Crippen molar-refractivity contribution in [1.29, 1.82) is 0 Å². The molecule has 0 amide bonds. The highest BCUT2D eigenvalue weighted by Gasteiger charge is 2.10. The monoisotopic (exact) mass is 388 g/mol. The number of hydrogen-bond acceptors (Lipinski definition) is 4. The van der Waals surface area contributed by atoms with E-state index in [2.05, 4.69) is 4.98 Å². The van der Waals surface area contributed by atoms with Crippen LogP contribution in [0, 0.1) is 0 Å². The third-order valence-electron chi connectivity index (χ3n) is 4.21. The van der Waals surface area contributed by atoms with Crippen LogP contribution in [0.25, 0.3) is 22.3 Å². The summed E-state index contributed by atoms with van der Waals surface area (Å²) >= 11 is 1.54. The highest BCUT2D eigenvalue weighted by molar-refractivity contribution is 7.13. The van der Waals surface area contributed by atoms with E-state index in [1.54, 1.807) is 72.1 Å². The maximum absolute atomic E-state index is 12.5. The van der Waals surface area contributed by atoms with Crippen LogP contribution in [-0.4, -0.2) is 20.4 Å². The fourth-order valence-electron chi connectivity index (χ4n) is 2.85. The predicted octanol–water partition coefficient (Wildman–Crippen LogP) is 4.50. The number of nitrogens with one attached hydrogen (secondary N) is 1. The molecular formula is C22H16N2O3S. The highest BCUT2D eigenvalue weighted by atomic mass is 32.1. The van der Waals surface area contributed by atoms with Crippen molar-refractivity contribution in [2.45, 2.75) is 0 Å². The van der Waals surface area contributed by atoms with Gasteiger partial charge in [-0.05, 0) is 47.4 Å². The summed E-state index contributed by atoms with van der Waals surface area (Å²) in [6.45, 7) is 0. The van der Waals surface area contributed by atoms with Crippen LogP contribution in [0.4, 0.5) is 0 Å². The van der Waals surface area contributed by atoms with Crippen molar-refractivity contribution in [1.82, 2.24) is 9.55 Å². The van der Waals surface area contributed by atoms with Crippen molar-refractivity contribution >= 4 is 23.2 Å². The molecule has 0 unspecified atom stereocenters. The Morgan fingerprint density at radius 1 is 1.07 bits per heavy atom. The molecule has 2 aromatic heterocycles. The number of aromatic nitrogens is 2. The lowest BCUT2D eigenvalue weighted by Gasteiger charge is -2.03. The Kier molecular flexibility index (Phi) is 4.78. The number of aromatic amines is 1. The summed E-state index contributed by atoms with van der Waals surface area (Å²) < 4.78 is 1.49. The lowest BCUT2D eigenvalue weighted by Crippen LogP contribution is -2.14. The number of benzene rings is 2. The molecule has 0 radical (unpaired) electrons. The molecule has 0 aliphatic heterocycles. The number of carbonyl (C=O) groups is 1. The molecule has 4 rings (SSSR count). The number of phenols is 1. The summed E-state index contributed by atoms with van der Waals surface area (Å²) in [5.41, 5.74) is 2.29. The minimum absolute atomic E-state index is 0.143. The highest BCUT2D eigenvalue weighted by Crippen LogP contribution is 2.22. The van der Waals surface area contributed by atoms with E-state index in [1.807, 2.05) is 17.5 Å². The first-order valence-electron chi connectivity index (χ1n) is 8.57. The Labute approximate surface area is 164 Å². The Balaban J connectivity index is 1.61. The number of allylic oxidation sites excluding steroid dienone is 1. The molecular weight excluding hydrogens is 372 g/mol. The Bertz CT molecular complexity index is 1220. The van der Waals surface area contributed by atoms with E-state index in [0.29, 0.717) is 11.3 Å². The first-order valence-corrected chi connectivity index (χ1v) is 9.45. The van der Waals surface area contributed by atoms with Gasteiger partial charge in [-0.2, -0.15) is 0 Å². The van der Waals surface area contributed by atoms with Gasteiger partial charge in [0.1, 0.15) is 5.75 Å². The SMILES string of the molecule is O=C(/C=C/c1cccc(O)c1)c1cccc(-n2cc(-c3cccs3)[nH]c2=O)c1. The number of rotatable bonds is 5. The van der Waals surface area contributed by atoms with Gasteiger partial charge in [0.2, 0.25) is 0 Å². The zero-order valence-electron chi connectivity index (χ0n) is 14.7. The molecule has 0 saturated heterocycles. The molecule has 0 bridgehead atoms. The third-order valence-corrected chi connectivity index (χ3v) is 5.11. The van der Waals surface area contributed by atoms with Crippen molar-refractivity contribution in [2.24, 2.45) is 0 Å². The Morgan fingerprint density at radius 2 is 1.93 bits per heavy atom. The normalized spacial score (nSPS) is 11.1. The van der Waals surface area contributed by atoms with Gasteiger partial charge in [-0.25, -0.2) is 4.79 Å². The summed E-state index contributed by atoms with van der Waals surface area (Å²) in [5.74, 6) is -0.0442. The Hall–Kier alpha value is -3.64. The summed E-state index contributed by atoms with van der Waals surface area (Å²) in [4.78, 5) is 28.7. The first kappa shape index (κ1) is 17.8. The van der Waals surface area contributed by atoms with E-state index < -0.39 is 0 Å². The van der Waals surface area contributed by atoms with Crippen molar-refractivity contribution < 1.29 is 9.90 Å². The van der Waals surface area contributed by atoms with Gasteiger partial charge < -0.3 is 10.1 Å². The van der Waals surface area contributed by atoms with Crippen LogP contribution in [0.1, 0.15) is 15.9 Å². The maximum Gasteiger partial charge on any atom is 0.330 e.